The van der Waals surface area contributed by atoms with Gasteiger partial charge < -0.3 is 15.4 Å². The van der Waals surface area contributed by atoms with Crippen molar-refractivity contribution in [2.45, 2.75) is 77.0 Å². The summed E-state index contributed by atoms with van der Waals surface area (Å²) in [5, 5.41) is 0. The van der Waals surface area contributed by atoms with E-state index in [1.54, 1.807) is 20.8 Å². The molecule has 9 heteroatoms. The molecule has 32 heavy (non-hydrogen) atoms. The van der Waals surface area contributed by atoms with Crippen molar-refractivity contribution >= 4 is 23.4 Å². The zero-order valence-electron chi connectivity index (χ0n) is 18.3. The molecule has 2 aliphatic rings. The number of rotatable bonds is 6. The van der Waals surface area contributed by atoms with E-state index >= 15 is 0 Å². The van der Waals surface area contributed by atoms with E-state index in [-0.39, 0.29) is 37.8 Å². The molecule has 0 spiro atoms. The van der Waals surface area contributed by atoms with Gasteiger partial charge >= 0.3 is 5.97 Å². The Labute approximate surface area is 184 Å². The molecule has 1 aliphatic carbocycles. The number of ether oxygens (including phenoxy) is 1. The zero-order chi connectivity index (χ0) is 23.8. The van der Waals surface area contributed by atoms with E-state index in [1.807, 2.05) is 0 Å². The van der Waals surface area contributed by atoms with Crippen molar-refractivity contribution in [3.63, 3.8) is 0 Å². The molecule has 174 valence electrons. The number of carbonyl (C=O) groups is 3. The van der Waals surface area contributed by atoms with Crippen LogP contribution in [0.3, 0.4) is 0 Å². The van der Waals surface area contributed by atoms with Gasteiger partial charge in [0.25, 0.3) is 11.8 Å². The minimum Gasteiger partial charge on any atom is -0.460 e. The van der Waals surface area contributed by atoms with Gasteiger partial charge in [-0.1, -0.05) is 6.08 Å². The second-order valence-electron chi connectivity index (χ2n) is 9.25. The van der Waals surface area contributed by atoms with Gasteiger partial charge in [-0.3, -0.25) is 14.4 Å². The van der Waals surface area contributed by atoms with Crippen LogP contribution >= 0.6 is 0 Å². The third-order valence-corrected chi connectivity index (χ3v) is 5.53. The Balaban J connectivity index is 1.85. The highest BCUT2D eigenvalue weighted by molar-refractivity contribution is 6.02. The number of primary amides is 1. The summed E-state index contributed by atoms with van der Waals surface area (Å²) in [6.45, 7) is 5.11. The first-order chi connectivity index (χ1) is 14.8. The molecule has 1 aliphatic heterocycles. The van der Waals surface area contributed by atoms with Crippen molar-refractivity contribution in [1.29, 1.82) is 0 Å². The Kier molecular flexibility index (Phi) is 6.40. The van der Waals surface area contributed by atoms with E-state index < -0.39 is 47.6 Å². The molecule has 1 atom stereocenters. The predicted octanol–water partition coefficient (Wildman–Crippen LogP) is 3.96. The summed E-state index contributed by atoms with van der Waals surface area (Å²) < 4.78 is 46.6. The third kappa shape index (κ3) is 5.31. The smallest absolute Gasteiger partial charge is 0.306 e. The van der Waals surface area contributed by atoms with Crippen molar-refractivity contribution in [2.24, 2.45) is 5.73 Å². The number of hydrogen-bond acceptors (Lipinski definition) is 4. The molecule has 0 radical (unpaired) electrons. The lowest BCUT2D eigenvalue weighted by atomic mass is 9.88. The van der Waals surface area contributed by atoms with E-state index in [4.69, 9.17) is 10.5 Å². The molecular weight excluding hydrogens is 425 g/mol. The van der Waals surface area contributed by atoms with Gasteiger partial charge in [0.15, 0.2) is 0 Å². The monoisotopic (exact) mass is 452 g/mol. The molecule has 1 aromatic rings. The standard InChI is InChI=1S/C23H27F3N2O4/c1-22(2,3)32-19(29)5-4-18(20(27)30)28-12-17-15(10-14(24)11-16(17)21(28)31)13-6-8-23(25,26)9-7-13/h6,10-11,18H,4-5,7-9,12H2,1-3H3,(H2,27,30). The molecule has 3 rings (SSSR count). The van der Waals surface area contributed by atoms with Gasteiger partial charge in [0, 0.05) is 31.4 Å². The van der Waals surface area contributed by atoms with E-state index in [2.05, 4.69) is 0 Å². The van der Waals surface area contributed by atoms with E-state index in [0.717, 1.165) is 6.07 Å². The SMILES string of the molecule is CC(C)(C)OC(=O)CCC(C(N)=O)N1Cc2c(cc(F)cc2C2=CCC(F)(F)CC2)C1=O. The fourth-order valence-corrected chi connectivity index (χ4v) is 4.07. The first-order valence-electron chi connectivity index (χ1n) is 10.5. The van der Waals surface area contributed by atoms with E-state index in [1.165, 1.54) is 17.0 Å². The topological polar surface area (TPSA) is 89.7 Å². The summed E-state index contributed by atoms with van der Waals surface area (Å²) in [4.78, 5) is 38.4. The average molecular weight is 452 g/mol. The lowest BCUT2D eigenvalue weighted by molar-refractivity contribution is -0.155. The summed E-state index contributed by atoms with van der Waals surface area (Å²) in [5.74, 6) is -5.39. The van der Waals surface area contributed by atoms with Crippen LogP contribution in [-0.4, -0.2) is 40.2 Å². The average Bonchev–Trinajstić information content (AvgIpc) is 2.96. The number of nitrogens with two attached hydrogens (primary N) is 1. The Hall–Kier alpha value is -2.84. The summed E-state index contributed by atoms with van der Waals surface area (Å²) >= 11 is 0. The fourth-order valence-electron chi connectivity index (χ4n) is 4.07. The second-order valence-corrected chi connectivity index (χ2v) is 9.25. The number of esters is 1. The van der Waals surface area contributed by atoms with E-state index in [9.17, 15) is 27.6 Å². The van der Waals surface area contributed by atoms with Gasteiger partial charge in [0.05, 0.1) is 0 Å². The fraction of sp³-hybridized carbons (Fsp3) is 0.522. The minimum atomic E-state index is -2.80. The molecule has 0 aromatic heterocycles. The van der Waals surface area contributed by atoms with Crippen LogP contribution in [-0.2, 0) is 20.9 Å². The van der Waals surface area contributed by atoms with Gasteiger partial charge in [-0.15, -0.1) is 0 Å². The van der Waals surface area contributed by atoms with Crippen molar-refractivity contribution in [3.05, 3.63) is 40.7 Å². The van der Waals surface area contributed by atoms with E-state index in [0.29, 0.717) is 16.7 Å². The highest BCUT2D eigenvalue weighted by atomic mass is 19.3. The number of halogens is 3. The first kappa shape index (κ1) is 23.8. The molecule has 0 saturated carbocycles. The van der Waals surface area contributed by atoms with Crippen molar-refractivity contribution in [2.75, 3.05) is 0 Å². The molecule has 6 nitrogen and oxygen atoms in total. The largest absolute Gasteiger partial charge is 0.460 e. The highest BCUT2D eigenvalue weighted by Crippen LogP contribution is 2.40. The zero-order valence-corrected chi connectivity index (χ0v) is 18.3. The predicted molar refractivity (Wildman–Crippen MR) is 111 cm³/mol. The Morgan fingerprint density at radius 2 is 1.91 bits per heavy atom. The number of benzene rings is 1. The lowest BCUT2D eigenvalue weighted by Gasteiger charge is -2.26. The number of alkyl halides is 2. The number of carbonyl (C=O) groups excluding carboxylic acids is 3. The van der Waals surface area contributed by atoms with Crippen LogP contribution in [0.1, 0.15) is 74.4 Å². The Morgan fingerprint density at radius 3 is 2.47 bits per heavy atom. The maximum Gasteiger partial charge on any atom is 0.306 e. The molecule has 0 saturated heterocycles. The van der Waals surface area contributed by atoms with Crippen LogP contribution in [0.5, 0.6) is 0 Å². The molecule has 2 N–H and O–H groups in total. The quantitative estimate of drug-likeness (QED) is 0.662. The number of fused-ring (bicyclic) bond motifs is 1. The highest BCUT2D eigenvalue weighted by Gasteiger charge is 2.39. The summed E-state index contributed by atoms with van der Waals surface area (Å²) in [6, 6.07) is 1.21. The van der Waals surface area contributed by atoms with Crippen LogP contribution in [0.15, 0.2) is 18.2 Å². The van der Waals surface area contributed by atoms with Crippen LogP contribution in [0.25, 0.3) is 5.57 Å². The second kappa shape index (κ2) is 8.60. The maximum atomic E-state index is 14.3. The molecule has 1 unspecified atom stereocenters. The summed E-state index contributed by atoms with van der Waals surface area (Å²) in [7, 11) is 0. The molecular formula is C23H27F3N2O4. The van der Waals surface area contributed by atoms with Crippen molar-refractivity contribution < 1.29 is 32.3 Å². The normalized spacial score (nSPS) is 18.8. The number of allylic oxidation sites excluding steroid dienone is 2. The van der Waals surface area contributed by atoms with Crippen LogP contribution in [0.4, 0.5) is 13.2 Å². The number of amides is 2. The molecule has 2 amide bonds. The van der Waals surface area contributed by atoms with Gasteiger partial charge in [-0.2, -0.15) is 0 Å². The first-order valence-corrected chi connectivity index (χ1v) is 10.5. The van der Waals surface area contributed by atoms with Crippen molar-refractivity contribution in [1.82, 2.24) is 4.90 Å². The van der Waals surface area contributed by atoms with Crippen LogP contribution in [0, 0.1) is 5.82 Å². The molecule has 0 fully saturated rings. The minimum absolute atomic E-state index is 0.0283. The van der Waals surface area contributed by atoms with Crippen LogP contribution < -0.4 is 5.73 Å². The summed E-state index contributed by atoms with van der Waals surface area (Å²) in [5.41, 5.74) is 6.29. The van der Waals surface area contributed by atoms with Crippen LogP contribution in [0.2, 0.25) is 0 Å². The number of hydrogen-bond donors (Lipinski definition) is 1. The molecule has 1 heterocycles. The lowest BCUT2D eigenvalue weighted by Crippen LogP contribution is -2.45. The Bertz CT molecular complexity index is 982. The number of nitrogens with zero attached hydrogens (tertiary/aromatic N) is 1. The van der Waals surface area contributed by atoms with Gasteiger partial charge in [0.1, 0.15) is 17.5 Å². The molecule has 0 bridgehead atoms. The van der Waals surface area contributed by atoms with Gasteiger partial charge in [0.2, 0.25) is 5.91 Å². The van der Waals surface area contributed by atoms with Gasteiger partial charge in [-0.05, 0) is 62.4 Å². The van der Waals surface area contributed by atoms with Crippen molar-refractivity contribution in [3.8, 4) is 0 Å². The summed E-state index contributed by atoms with van der Waals surface area (Å²) in [6.07, 6.45) is 0.435. The third-order valence-electron chi connectivity index (χ3n) is 5.53. The molecule has 1 aromatic carbocycles. The Morgan fingerprint density at radius 1 is 1.25 bits per heavy atom. The van der Waals surface area contributed by atoms with Gasteiger partial charge in [-0.25, -0.2) is 13.2 Å². The maximum absolute atomic E-state index is 14.3.